The van der Waals surface area contributed by atoms with E-state index in [1.54, 1.807) is 0 Å². The number of nitrogens with zero attached hydrogens (tertiary/aromatic N) is 6. The summed E-state index contributed by atoms with van der Waals surface area (Å²) < 4.78 is 1.42. The number of piperidine rings is 1. The standard InChI is InChI=1S/C19H22ClN7O/c1-13(12-15-4-2-3-5-16(15)20)21-19(28)14-8-10-26(11-9-14)18-7-6-17-22-24-25-27(17)23-18/h2-7,13-14H,8-12H2,1H3,(H,21,28)/t13-/m0/s1. The van der Waals surface area contributed by atoms with Gasteiger partial charge in [-0.3, -0.25) is 4.79 Å². The van der Waals surface area contributed by atoms with Crippen LogP contribution in [0.3, 0.4) is 0 Å². The predicted molar refractivity (Wildman–Crippen MR) is 106 cm³/mol. The number of carbonyl (C=O) groups is 1. The monoisotopic (exact) mass is 399 g/mol. The highest BCUT2D eigenvalue weighted by Crippen LogP contribution is 2.22. The van der Waals surface area contributed by atoms with Crippen LogP contribution < -0.4 is 10.2 Å². The van der Waals surface area contributed by atoms with Crippen LogP contribution in [-0.4, -0.2) is 50.3 Å². The van der Waals surface area contributed by atoms with Gasteiger partial charge < -0.3 is 10.2 Å². The molecule has 0 aliphatic carbocycles. The van der Waals surface area contributed by atoms with Gasteiger partial charge in [0, 0.05) is 30.1 Å². The molecule has 0 bridgehead atoms. The van der Waals surface area contributed by atoms with Crippen molar-refractivity contribution in [1.82, 2.24) is 30.6 Å². The van der Waals surface area contributed by atoms with E-state index in [4.69, 9.17) is 11.6 Å². The molecule has 1 aliphatic rings. The first-order valence-corrected chi connectivity index (χ1v) is 9.82. The molecule has 1 aliphatic heterocycles. The Labute approximate surface area is 167 Å². The van der Waals surface area contributed by atoms with E-state index in [9.17, 15) is 4.79 Å². The number of rotatable bonds is 5. The lowest BCUT2D eigenvalue weighted by Crippen LogP contribution is -2.44. The van der Waals surface area contributed by atoms with Gasteiger partial charge in [-0.15, -0.1) is 14.8 Å². The first-order chi connectivity index (χ1) is 13.6. The summed E-state index contributed by atoms with van der Waals surface area (Å²) in [5, 5.41) is 19.6. The quantitative estimate of drug-likeness (QED) is 0.707. The van der Waals surface area contributed by atoms with Crippen molar-refractivity contribution in [2.45, 2.75) is 32.2 Å². The Morgan fingerprint density at radius 2 is 2.04 bits per heavy atom. The number of hydrogen-bond donors (Lipinski definition) is 1. The Hall–Kier alpha value is -2.74. The van der Waals surface area contributed by atoms with Gasteiger partial charge in [0.15, 0.2) is 11.5 Å². The minimum Gasteiger partial charge on any atom is -0.355 e. The highest BCUT2D eigenvalue weighted by Gasteiger charge is 2.26. The molecule has 8 nitrogen and oxygen atoms in total. The third-order valence-electron chi connectivity index (χ3n) is 5.12. The molecule has 4 rings (SSSR count). The topological polar surface area (TPSA) is 88.3 Å². The maximum absolute atomic E-state index is 12.7. The highest BCUT2D eigenvalue weighted by molar-refractivity contribution is 6.31. The zero-order valence-corrected chi connectivity index (χ0v) is 16.4. The average molecular weight is 400 g/mol. The van der Waals surface area contributed by atoms with Gasteiger partial charge in [0.2, 0.25) is 5.91 Å². The van der Waals surface area contributed by atoms with E-state index in [1.165, 1.54) is 4.63 Å². The van der Waals surface area contributed by atoms with Crippen molar-refractivity contribution in [2.75, 3.05) is 18.0 Å². The van der Waals surface area contributed by atoms with Crippen LogP contribution in [0.4, 0.5) is 5.82 Å². The molecule has 28 heavy (non-hydrogen) atoms. The Morgan fingerprint density at radius 3 is 2.82 bits per heavy atom. The lowest BCUT2D eigenvalue weighted by Gasteiger charge is -2.32. The number of benzene rings is 1. The van der Waals surface area contributed by atoms with Crippen molar-refractivity contribution >= 4 is 29.0 Å². The second-order valence-electron chi connectivity index (χ2n) is 7.18. The van der Waals surface area contributed by atoms with Crippen LogP contribution in [0.2, 0.25) is 5.02 Å². The normalized spacial score (nSPS) is 16.3. The third-order valence-corrected chi connectivity index (χ3v) is 5.49. The van der Waals surface area contributed by atoms with Crippen molar-refractivity contribution in [2.24, 2.45) is 5.92 Å². The molecule has 1 N–H and O–H groups in total. The molecular weight excluding hydrogens is 378 g/mol. The Morgan fingerprint density at radius 1 is 1.25 bits per heavy atom. The van der Waals surface area contributed by atoms with Crippen molar-refractivity contribution in [3.05, 3.63) is 47.0 Å². The van der Waals surface area contributed by atoms with E-state index in [1.807, 2.05) is 43.3 Å². The van der Waals surface area contributed by atoms with Crippen molar-refractivity contribution < 1.29 is 4.79 Å². The fraction of sp³-hybridized carbons (Fsp3) is 0.421. The lowest BCUT2D eigenvalue weighted by molar-refractivity contribution is -0.126. The number of halogens is 1. The van der Waals surface area contributed by atoms with Crippen LogP contribution >= 0.6 is 11.6 Å². The minimum absolute atomic E-state index is 0.0155. The fourth-order valence-electron chi connectivity index (χ4n) is 3.59. The van der Waals surface area contributed by atoms with Gasteiger partial charge in [0.1, 0.15) is 0 Å². The van der Waals surface area contributed by atoms with E-state index < -0.39 is 0 Å². The number of anilines is 1. The zero-order chi connectivity index (χ0) is 19.5. The van der Waals surface area contributed by atoms with Gasteiger partial charge in [-0.25, -0.2) is 0 Å². The molecule has 1 amide bonds. The van der Waals surface area contributed by atoms with Crippen LogP contribution in [0, 0.1) is 5.92 Å². The smallest absolute Gasteiger partial charge is 0.223 e. The van der Waals surface area contributed by atoms with E-state index in [2.05, 4.69) is 30.8 Å². The van der Waals surface area contributed by atoms with Crippen LogP contribution in [0.5, 0.6) is 0 Å². The van der Waals surface area contributed by atoms with Crippen molar-refractivity contribution in [3.63, 3.8) is 0 Å². The number of aromatic nitrogens is 5. The summed E-state index contributed by atoms with van der Waals surface area (Å²) in [7, 11) is 0. The predicted octanol–water partition coefficient (Wildman–Crippen LogP) is 2.14. The maximum atomic E-state index is 12.7. The first-order valence-electron chi connectivity index (χ1n) is 9.44. The maximum Gasteiger partial charge on any atom is 0.223 e. The van der Waals surface area contributed by atoms with E-state index >= 15 is 0 Å². The van der Waals surface area contributed by atoms with Crippen LogP contribution in [0.15, 0.2) is 36.4 Å². The van der Waals surface area contributed by atoms with Gasteiger partial charge in [-0.05, 0) is 60.4 Å². The molecule has 1 saturated heterocycles. The highest BCUT2D eigenvalue weighted by atomic mass is 35.5. The summed E-state index contributed by atoms with van der Waals surface area (Å²) in [6, 6.07) is 11.5. The fourth-order valence-corrected chi connectivity index (χ4v) is 3.80. The zero-order valence-electron chi connectivity index (χ0n) is 15.6. The molecular formula is C19H22ClN7O. The number of tetrazole rings is 1. The van der Waals surface area contributed by atoms with Crippen LogP contribution in [-0.2, 0) is 11.2 Å². The Bertz CT molecular complexity index is 968. The third kappa shape index (κ3) is 4.06. The SMILES string of the molecule is C[C@@H](Cc1ccccc1Cl)NC(=O)C1CCN(c2ccc3nnnn3n2)CC1. The molecule has 146 valence electrons. The summed E-state index contributed by atoms with van der Waals surface area (Å²) in [5.41, 5.74) is 1.67. The number of hydrogen-bond acceptors (Lipinski definition) is 6. The Balaban J connectivity index is 1.30. The van der Waals surface area contributed by atoms with E-state index in [0.717, 1.165) is 48.8 Å². The lowest BCUT2D eigenvalue weighted by atomic mass is 9.95. The molecule has 3 aromatic rings. The summed E-state index contributed by atoms with van der Waals surface area (Å²) in [6.45, 7) is 3.57. The molecule has 1 atom stereocenters. The van der Waals surface area contributed by atoms with Gasteiger partial charge in [-0.1, -0.05) is 29.8 Å². The first kappa shape index (κ1) is 18.6. The number of fused-ring (bicyclic) bond motifs is 1. The molecule has 0 saturated carbocycles. The summed E-state index contributed by atoms with van der Waals surface area (Å²) in [5.74, 6) is 0.954. The number of carbonyl (C=O) groups excluding carboxylic acids is 1. The molecule has 0 spiro atoms. The van der Waals surface area contributed by atoms with Gasteiger partial charge in [0.05, 0.1) is 0 Å². The van der Waals surface area contributed by atoms with Gasteiger partial charge in [-0.2, -0.15) is 0 Å². The molecule has 0 unspecified atom stereocenters. The summed E-state index contributed by atoms with van der Waals surface area (Å²) in [4.78, 5) is 14.8. The summed E-state index contributed by atoms with van der Waals surface area (Å²) in [6.07, 6.45) is 2.31. The molecule has 1 aromatic carbocycles. The summed E-state index contributed by atoms with van der Waals surface area (Å²) >= 11 is 6.22. The average Bonchev–Trinajstić information content (AvgIpc) is 3.17. The van der Waals surface area contributed by atoms with Crippen LogP contribution in [0.25, 0.3) is 5.65 Å². The minimum atomic E-state index is 0.0155. The van der Waals surface area contributed by atoms with Crippen molar-refractivity contribution in [3.8, 4) is 0 Å². The molecule has 1 fully saturated rings. The Kier molecular flexibility index (Phi) is 5.38. The number of nitrogens with one attached hydrogen (secondary N) is 1. The number of amides is 1. The van der Waals surface area contributed by atoms with Crippen LogP contribution in [0.1, 0.15) is 25.3 Å². The van der Waals surface area contributed by atoms with E-state index in [-0.39, 0.29) is 17.9 Å². The second kappa shape index (κ2) is 8.10. The van der Waals surface area contributed by atoms with Crippen molar-refractivity contribution in [1.29, 1.82) is 0 Å². The molecule has 2 aromatic heterocycles. The van der Waals surface area contributed by atoms with E-state index in [0.29, 0.717) is 5.65 Å². The molecule has 3 heterocycles. The molecule has 9 heteroatoms. The largest absolute Gasteiger partial charge is 0.355 e. The van der Waals surface area contributed by atoms with Gasteiger partial charge >= 0.3 is 0 Å². The second-order valence-corrected chi connectivity index (χ2v) is 7.59. The molecule has 0 radical (unpaired) electrons. The van der Waals surface area contributed by atoms with Gasteiger partial charge in [0.25, 0.3) is 0 Å².